The second-order valence-electron chi connectivity index (χ2n) is 9.33. The average Bonchev–Trinajstić information content (AvgIpc) is 2.91. The number of hydrogen-bond donors (Lipinski definition) is 1. The van der Waals surface area contributed by atoms with Gasteiger partial charge in [0.05, 0.1) is 10.6 Å². The van der Waals surface area contributed by atoms with Gasteiger partial charge in [0.1, 0.15) is 12.6 Å². The van der Waals surface area contributed by atoms with Crippen molar-refractivity contribution < 1.29 is 18.0 Å². The van der Waals surface area contributed by atoms with E-state index in [0.29, 0.717) is 18.7 Å². The number of benzene rings is 3. The average molecular weight is 536 g/mol. The predicted octanol–water partition coefficient (Wildman–Crippen LogP) is 4.61. The SMILES string of the molecule is CCNC(=O)C(C)N(Cc1ccccc1C)C(=O)CN(c1ccccc1CC)S(=O)(=O)c1ccc(C)cc1. The molecule has 7 nitrogen and oxygen atoms in total. The third-order valence-electron chi connectivity index (χ3n) is 6.65. The summed E-state index contributed by atoms with van der Waals surface area (Å²) in [5.74, 6) is -0.759. The first kappa shape index (κ1) is 28.9. The standard InChI is InChI=1S/C30H37N3O4S/c1-6-25-13-10-11-15-28(25)33(38(36,37)27-18-16-22(3)17-19-27)21-29(34)32(24(5)30(35)31-7-2)20-26-14-9-8-12-23(26)4/h8-19,24H,6-7,20-21H2,1-5H3,(H,31,35). The molecule has 0 saturated heterocycles. The molecule has 8 heteroatoms. The van der Waals surface area contributed by atoms with Gasteiger partial charge in [-0.1, -0.05) is 67.1 Å². The Morgan fingerprint density at radius 1 is 0.868 bits per heavy atom. The summed E-state index contributed by atoms with van der Waals surface area (Å²) in [6.07, 6.45) is 0.590. The Morgan fingerprint density at radius 2 is 1.47 bits per heavy atom. The molecule has 0 aliphatic heterocycles. The van der Waals surface area contributed by atoms with Gasteiger partial charge in [0.25, 0.3) is 10.0 Å². The largest absolute Gasteiger partial charge is 0.355 e. The number of amides is 2. The number of rotatable bonds is 11. The lowest BCUT2D eigenvalue weighted by molar-refractivity contribution is -0.139. The van der Waals surface area contributed by atoms with Crippen molar-refractivity contribution in [3.63, 3.8) is 0 Å². The minimum atomic E-state index is -4.08. The highest BCUT2D eigenvalue weighted by atomic mass is 32.2. The lowest BCUT2D eigenvalue weighted by atomic mass is 10.1. The minimum absolute atomic E-state index is 0.101. The number of hydrogen-bond acceptors (Lipinski definition) is 4. The summed E-state index contributed by atoms with van der Waals surface area (Å²) in [5.41, 5.74) is 4.05. The van der Waals surface area contributed by atoms with E-state index in [2.05, 4.69) is 5.32 Å². The van der Waals surface area contributed by atoms with Crippen molar-refractivity contribution in [2.75, 3.05) is 17.4 Å². The maximum Gasteiger partial charge on any atom is 0.264 e. The van der Waals surface area contributed by atoms with E-state index >= 15 is 0 Å². The first-order chi connectivity index (χ1) is 18.1. The van der Waals surface area contributed by atoms with Crippen molar-refractivity contribution in [1.82, 2.24) is 10.2 Å². The summed E-state index contributed by atoms with van der Waals surface area (Å²) in [6, 6.07) is 20.6. The zero-order chi connectivity index (χ0) is 27.9. The normalized spacial score (nSPS) is 12.0. The highest BCUT2D eigenvalue weighted by Gasteiger charge is 2.33. The molecule has 0 heterocycles. The maximum atomic E-state index is 14.0. The smallest absolute Gasteiger partial charge is 0.264 e. The van der Waals surface area contributed by atoms with Crippen molar-refractivity contribution in [3.8, 4) is 0 Å². The zero-order valence-electron chi connectivity index (χ0n) is 22.8. The first-order valence-corrected chi connectivity index (χ1v) is 14.3. The third-order valence-corrected chi connectivity index (χ3v) is 8.42. The Labute approximate surface area is 226 Å². The summed E-state index contributed by atoms with van der Waals surface area (Å²) in [7, 11) is -4.08. The highest BCUT2D eigenvalue weighted by Crippen LogP contribution is 2.28. The Morgan fingerprint density at radius 3 is 2.08 bits per heavy atom. The van der Waals surface area contributed by atoms with Crippen LogP contribution >= 0.6 is 0 Å². The zero-order valence-corrected chi connectivity index (χ0v) is 23.6. The van der Waals surface area contributed by atoms with Gasteiger partial charge in [-0.2, -0.15) is 0 Å². The van der Waals surface area contributed by atoms with Crippen LogP contribution in [0.2, 0.25) is 0 Å². The maximum absolute atomic E-state index is 14.0. The van der Waals surface area contributed by atoms with Crippen molar-refractivity contribution in [1.29, 1.82) is 0 Å². The van der Waals surface area contributed by atoms with Gasteiger partial charge in [0.15, 0.2) is 0 Å². The quantitative estimate of drug-likeness (QED) is 0.388. The number of para-hydroxylation sites is 1. The summed E-state index contributed by atoms with van der Waals surface area (Å²) < 4.78 is 29.1. The number of nitrogens with one attached hydrogen (secondary N) is 1. The van der Waals surface area contributed by atoms with E-state index in [9.17, 15) is 18.0 Å². The Kier molecular flexibility index (Phi) is 9.69. The van der Waals surface area contributed by atoms with Crippen molar-refractivity contribution >= 4 is 27.5 Å². The predicted molar refractivity (Wildman–Crippen MR) is 151 cm³/mol. The molecule has 38 heavy (non-hydrogen) atoms. The van der Waals surface area contributed by atoms with Gasteiger partial charge in [-0.25, -0.2) is 8.42 Å². The summed E-state index contributed by atoms with van der Waals surface area (Å²) >= 11 is 0. The fraction of sp³-hybridized carbons (Fsp3) is 0.333. The molecule has 0 aliphatic carbocycles. The molecule has 1 N–H and O–H groups in total. The topological polar surface area (TPSA) is 86.8 Å². The molecule has 3 rings (SSSR count). The minimum Gasteiger partial charge on any atom is -0.355 e. The van der Waals surface area contributed by atoms with Crippen LogP contribution in [-0.4, -0.2) is 44.3 Å². The second kappa shape index (κ2) is 12.7. The van der Waals surface area contributed by atoms with E-state index in [1.54, 1.807) is 43.3 Å². The molecular formula is C30H37N3O4S. The molecule has 0 aromatic heterocycles. The molecule has 0 saturated carbocycles. The van der Waals surface area contributed by atoms with Crippen LogP contribution < -0.4 is 9.62 Å². The molecule has 2 amide bonds. The number of sulfonamides is 1. The van der Waals surface area contributed by atoms with E-state index < -0.39 is 28.5 Å². The van der Waals surface area contributed by atoms with Gasteiger partial charge >= 0.3 is 0 Å². The van der Waals surface area contributed by atoms with Crippen LogP contribution in [0, 0.1) is 13.8 Å². The number of carbonyl (C=O) groups is 2. The Bertz CT molecular complexity index is 1370. The van der Waals surface area contributed by atoms with Crippen LogP contribution in [0.1, 0.15) is 43.0 Å². The van der Waals surface area contributed by atoms with E-state index in [-0.39, 0.29) is 17.3 Å². The molecule has 202 valence electrons. The Hall–Kier alpha value is -3.65. The number of nitrogens with zero attached hydrogens (tertiary/aromatic N) is 2. The fourth-order valence-electron chi connectivity index (χ4n) is 4.28. The van der Waals surface area contributed by atoms with Gasteiger partial charge in [0, 0.05) is 13.1 Å². The lowest BCUT2D eigenvalue weighted by Crippen LogP contribution is -2.51. The van der Waals surface area contributed by atoms with Crippen LogP contribution in [0.4, 0.5) is 5.69 Å². The van der Waals surface area contributed by atoms with Crippen LogP contribution in [0.25, 0.3) is 0 Å². The lowest BCUT2D eigenvalue weighted by Gasteiger charge is -2.32. The highest BCUT2D eigenvalue weighted by molar-refractivity contribution is 7.92. The molecule has 3 aromatic carbocycles. The van der Waals surface area contributed by atoms with E-state index in [1.165, 1.54) is 9.21 Å². The molecule has 0 fully saturated rings. The molecule has 0 radical (unpaired) electrons. The summed E-state index contributed by atoms with van der Waals surface area (Å²) in [5, 5.41) is 2.78. The van der Waals surface area contributed by atoms with Gasteiger partial charge < -0.3 is 10.2 Å². The van der Waals surface area contributed by atoms with Crippen LogP contribution in [0.15, 0.2) is 77.7 Å². The van der Waals surface area contributed by atoms with Crippen LogP contribution in [0.5, 0.6) is 0 Å². The molecular weight excluding hydrogens is 498 g/mol. The Balaban J connectivity index is 2.08. The van der Waals surface area contributed by atoms with Gasteiger partial charge in [-0.3, -0.25) is 13.9 Å². The second-order valence-corrected chi connectivity index (χ2v) is 11.2. The fourth-order valence-corrected chi connectivity index (χ4v) is 5.73. The molecule has 0 spiro atoms. The molecule has 0 aliphatic rings. The number of carbonyl (C=O) groups excluding carboxylic acids is 2. The number of aryl methyl sites for hydroxylation is 3. The third kappa shape index (κ3) is 6.61. The molecule has 3 aromatic rings. The number of likely N-dealkylation sites (N-methyl/N-ethyl adjacent to an activating group) is 1. The first-order valence-electron chi connectivity index (χ1n) is 12.9. The van der Waals surface area contributed by atoms with Crippen molar-refractivity contribution in [3.05, 3.63) is 95.1 Å². The number of anilines is 1. The van der Waals surface area contributed by atoms with Gasteiger partial charge in [-0.15, -0.1) is 0 Å². The monoisotopic (exact) mass is 535 g/mol. The van der Waals surface area contributed by atoms with E-state index in [1.807, 2.05) is 64.1 Å². The van der Waals surface area contributed by atoms with Gasteiger partial charge in [-0.05, 0) is 69.0 Å². The van der Waals surface area contributed by atoms with E-state index in [4.69, 9.17) is 0 Å². The van der Waals surface area contributed by atoms with Crippen LogP contribution in [0.3, 0.4) is 0 Å². The van der Waals surface area contributed by atoms with Gasteiger partial charge in [0.2, 0.25) is 11.8 Å². The molecule has 1 unspecified atom stereocenters. The molecule has 0 bridgehead atoms. The van der Waals surface area contributed by atoms with Crippen LogP contribution in [-0.2, 0) is 32.6 Å². The van der Waals surface area contributed by atoms with Crippen molar-refractivity contribution in [2.24, 2.45) is 0 Å². The summed E-state index contributed by atoms with van der Waals surface area (Å²) in [4.78, 5) is 28.4. The van der Waals surface area contributed by atoms with E-state index in [0.717, 1.165) is 22.3 Å². The van der Waals surface area contributed by atoms with Crippen molar-refractivity contribution in [2.45, 2.75) is 58.5 Å². The molecule has 1 atom stereocenters. The summed E-state index contributed by atoms with van der Waals surface area (Å²) in [6.45, 7) is 9.42.